The summed E-state index contributed by atoms with van der Waals surface area (Å²) >= 11 is 0. The first-order valence-corrected chi connectivity index (χ1v) is 6.52. The Balaban J connectivity index is 4.94. The zero-order valence-electron chi connectivity index (χ0n) is 13.8. The van der Waals surface area contributed by atoms with Crippen molar-refractivity contribution in [2.24, 2.45) is 0 Å². The van der Waals surface area contributed by atoms with Crippen molar-refractivity contribution in [3.05, 3.63) is 11.6 Å². The van der Waals surface area contributed by atoms with Gasteiger partial charge in [0.05, 0.1) is 7.11 Å². The molecule has 0 heterocycles. The predicted molar refractivity (Wildman–Crippen MR) is 77.7 cm³/mol. The number of ketones is 1. The van der Waals surface area contributed by atoms with Crippen LogP contribution >= 0.6 is 0 Å². The Hall–Kier alpha value is -2.70. The van der Waals surface area contributed by atoms with Gasteiger partial charge in [-0.2, -0.15) is 0 Å². The molecule has 0 aliphatic rings. The number of methoxy groups -OCH3 is 1. The van der Waals surface area contributed by atoms with Gasteiger partial charge < -0.3 is 24.4 Å². The SMILES string of the molecule is COC(=O)/C(C)=C\C(=O)C(=O)OC(O)(O)C#CC(=O)OC(C)(C)C. The summed E-state index contributed by atoms with van der Waals surface area (Å²) in [4.78, 5) is 45.2. The average Bonchev–Trinajstić information content (AvgIpc) is 2.41. The van der Waals surface area contributed by atoms with Crippen LogP contribution < -0.4 is 0 Å². The van der Waals surface area contributed by atoms with Crippen molar-refractivity contribution in [1.29, 1.82) is 0 Å². The fraction of sp³-hybridized carbons (Fsp3) is 0.467. The molecule has 0 radical (unpaired) electrons. The third-order valence-corrected chi connectivity index (χ3v) is 2.02. The van der Waals surface area contributed by atoms with E-state index in [4.69, 9.17) is 4.74 Å². The first-order chi connectivity index (χ1) is 10.8. The Bertz CT molecular complexity index is 624. The van der Waals surface area contributed by atoms with Crippen molar-refractivity contribution in [1.82, 2.24) is 0 Å². The van der Waals surface area contributed by atoms with Gasteiger partial charge in [0.25, 0.3) is 5.78 Å². The number of aliphatic hydroxyl groups is 2. The molecule has 0 aliphatic carbocycles. The molecule has 0 aromatic rings. The molecular formula is C15H18O9. The van der Waals surface area contributed by atoms with E-state index in [1.54, 1.807) is 26.7 Å². The number of carbonyl (C=O) groups is 4. The second-order valence-corrected chi connectivity index (χ2v) is 5.43. The molecule has 0 aromatic carbocycles. The number of esters is 3. The number of ether oxygens (including phenoxy) is 3. The minimum atomic E-state index is -3.39. The first kappa shape index (κ1) is 21.3. The van der Waals surface area contributed by atoms with Crippen LogP contribution in [0.1, 0.15) is 27.7 Å². The van der Waals surface area contributed by atoms with Crippen molar-refractivity contribution in [2.45, 2.75) is 39.3 Å². The van der Waals surface area contributed by atoms with Gasteiger partial charge in [0.15, 0.2) is 0 Å². The summed E-state index contributed by atoms with van der Waals surface area (Å²) < 4.78 is 13.1. The summed E-state index contributed by atoms with van der Waals surface area (Å²) in [6.45, 7) is 5.88. The number of rotatable bonds is 4. The highest BCUT2D eigenvalue weighted by Gasteiger charge is 2.30. The molecule has 2 N–H and O–H groups in total. The highest BCUT2D eigenvalue weighted by molar-refractivity contribution is 6.39. The van der Waals surface area contributed by atoms with Gasteiger partial charge in [-0.25, -0.2) is 14.4 Å². The van der Waals surface area contributed by atoms with Crippen LogP contribution in [0, 0.1) is 11.8 Å². The van der Waals surface area contributed by atoms with Crippen molar-refractivity contribution in [2.75, 3.05) is 7.11 Å². The van der Waals surface area contributed by atoms with Crippen molar-refractivity contribution in [3.8, 4) is 11.8 Å². The quantitative estimate of drug-likeness (QED) is 0.128. The predicted octanol–water partition coefficient (Wildman–Crippen LogP) is -0.799. The Morgan fingerprint density at radius 3 is 2.00 bits per heavy atom. The Labute approximate surface area is 138 Å². The van der Waals surface area contributed by atoms with E-state index in [1.165, 1.54) is 12.8 Å². The second-order valence-electron chi connectivity index (χ2n) is 5.43. The highest BCUT2D eigenvalue weighted by Crippen LogP contribution is 2.07. The largest absolute Gasteiger partial charge is 0.466 e. The fourth-order valence-electron chi connectivity index (χ4n) is 1.12. The van der Waals surface area contributed by atoms with Crippen LogP contribution in [0.5, 0.6) is 0 Å². The third kappa shape index (κ3) is 8.67. The van der Waals surface area contributed by atoms with Gasteiger partial charge in [0, 0.05) is 23.5 Å². The van der Waals surface area contributed by atoms with Crippen LogP contribution in [-0.2, 0) is 33.4 Å². The summed E-state index contributed by atoms with van der Waals surface area (Å²) in [7, 11) is 1.07. The summed E-state index contributed by atoms with van der Waals surface area (Å²) in [6.07, 6.45) is 0.589. The standard InChI is InChI=1S/C15H18O9/c1-9(12(18)22-5)8-10(16)13(19)24-15(20,21)7-6-11(17)23-14(2,3)4/h8,20-21H,1-5H3/b9-8-. The molecule has 0 saturated heterocycles. The molecule has 0 unspecified atom stereocenters. The number of hydrogen-bond donors (Lipinski definition) is 2. The minimum absolute atomic E-state index is 0.208. The normalized spacial score (nSPS) is 11.7. The zero-order valence-corrected chi connectivity index (χ0v) is 13.8. The van der Waals surface area contributed by atoms with E-state index in [9.17, 15) is 29.4 Å². The lowest BCUT2D eigenvalue weighted by Gasteiger charge is -2.17. The van der Waals surface area contributed by atoms with Gasteiger partial charge in [-0.15, -0.1) is 0 Å². The molecule has 0 aromatic heterocycles. The zero-order chi connectivity index (χ0) is 19.1. The maximum Gasteiger partial charge on any atom is 0.396 e. The molecular weight excluding hydrogens is 324 g/mol. The molecule has 132 valence electrons. The number of carbonyl (C=O) groups excluding carboxylic acids is 4. The number of hydrogen-bond acceptors (Lipinski definition) is 9. The van der Waals surface area contributed by atoms with Gasteiger partial charge in [-0.1, -0.05) is 0 Å². The smallest absolute Gasteiger partial charge is 0.396 e. The summed E-state index contributed by atoms with van der Waals surface area (Å²) in [5, 5.41) is 18.7. The lowest BCUT2D eigenvalue weighted by Crippen LogP contribution is -2.36. The minimum Gasteiger partial charge on any atom is -0.466 e. The molecule has 0 saturated carbocycles. The monoisotopic (exact) mass is 342 g/mol. The van der Waals surface area contributed by atoms with Crippen LogP contribution in [-0.4, -0.2) is 52.6 Å². The van der Waals surface area contributed by atoms with E-state index in [0.29, 0.717) is 6.08 Å². The van der Waals surface area contributed by atoms with Crippen LogP contribution in [0.4, 0.5) is 0 Å². The van der Waals surface area contributed by atoms with Gasteiger partial charge >= 0.3 is 23.9 Å². The van der Waals surface area contributed by atoms with Crippen LogP contribution in [0.2, 0.25) is 0 Å². The fourth-order valence-corrected chi connectivity index (χ4v) is 1.12. The Morgan fingerprint density at radius 2 is 1.54 bits per heavy atom. The molecule has 0 aliphatic heterocycles. The molecule has 0 atom stereocenters. The van der Waals surface area contributed by atoms with E-state index < -0.39 is 35.3 Å². The van der Waals surface area contributed by atoms with E-state index in [1.807, 2.05) is 0 Å². The first-order valence-electron chi connectivity index (χ1n) is 6.52. The molecule has 9 nitrogen and oxygen atoms in total. The molecule has 0 rings (SSSR count). The molecule has 24 heavy (non-hydrogen) atoms. The summed E-state index contributed by atoms with van der Waals surface area (Å²) in [6, 6.07) is 0. The van der Waals surface area contributed by atoms with Crippen LogP contribution in [0.15, 0.2) is 11.6 Å². The van der Waals surface area contributed by atoms with E-state index in [-0.39, 0.29) is 5.57 Å². The summed E-state index contributed by atoms with van der Waals surface area (Å²) in [5.41, 5.74) is -1.07. The van der Waals surface area contributed by atoms with Crippen LogP contribution in [0.3, 0.4) is 0 Å². The van der Waals surface area contributed by atoms with Crippen molar-refractivity contribution in [3.63, 3.8) is 0 Å². The van der Waals surface area contributed by atoms with Crippen molar-refractivity contribution < 1.29 is 43.6 Å². The Kier molecular flexibility index (Phi) is 7.31. The van der Waals surface area contributed by atoms with E-state index in [0.717, 1.165) is 7.11 Å². The molecule has 0 spiro atoms. The topological polar surface area (TPSA) is 136 Å². The Morgan fingerprint density at radius 1 is 1.00 bits per heavy atom. The van der Waals surface area contributed by atoms with Gasteiger partial charge in [0.1, 0.15) is 5.60 Å². The maximum absolute atomic E-state index is 11.5. The van der Waals surface area contributed by atoms with Gasteiger partial charge in [0.2, 0.25) is 0 Å². The molecule has 9 heteroatoms. The van der Waals surface area contributed by atoms with E-state index in [2.05, 4.69) is 9.47 Å². The summed E-state index contributed by atoms with van der Waals surface area (Å²) in [5.74, 6) is -5.18. The second kappa shape index (κ2) is 8.24. The lowest BCUT2D eigenvalue weighted by molar-refractivity contribution is -0.278. The highest BCUT2D eigenvalue weighted by atomic mass is 16.8. The van der Waals surface area contributed by atoms with Gasteiger partial charge in [-0.3, -0.25) is 4.79 Å². The van der Waals surface area contributed by atoms with Gasteiger partial charge in [-0.05, 0) is 27.7 Å². The van der Waals surface area contributed by atoms with Crippen LogP contribution in [0.25, 0.3) is 0 Å². The molecule has 0 amide bonds. The lowest BCUT2D eigenvalue weighted by atomic mass is 10.2. The molecule has 0 fully saturated rings. The maximum atomic E-state index is 11.5. The molecule has 0 bridgehead atoms. The van der Waals surface area contributed by atoms with Crippen molar-refractivity contribution >= 4 is 23.7 Å². The van der Waals surface area contributed by atoms with E-state index >= 15 is 0 Å². The third-order valence-electron chi connectivity index (χ3n) is 2.02. The average molecular weight is 342 g/mol.